The van der Waals surface area contributed by atoms with Gasteiger partial charge in [0.1, 0.15) is 11.7 Å². The minimum Gasteiger partial charge on any atom is -0.354 e. The van der Waals surface area contributed by atoms with Crippen molar-refractivity contribution in [3.63, 3.8) is 0 Å². The zero-order valence-corrected chi connectivity index (χ0v) is 13.8. The molecule has 1 atom stereocenters. The van der Waals surface area contributed by atoms with E-state index in [1.54, 1.807) is 17.4 Å². The molecule has 0 aromatic carbocycles. The van der Waals surface area contributed by atoms with Gasteiger partial charge in [0.15, 0.2) is 5.15 Å². The lowest BCUT2D eigenvalue weighted by atomic mass is 10.3. The van der Waals surface area contributed by atoms with Gasteiger partial charge >= 0.3 is 0 Å². The van der Waals surface area contributed by atoms with E-state index in [1.165, 1.54) is 6.08 Å². The highest BCUT2D eigenvalue weighted by Gasteiger charge is 2.13. The fraction of sp³-hybridized carbons (Fsp3) is 0.312. The number of carbonyl (C=O) groups is 2. The lowest BCUT2D eigenvalue weighted by molar-refractivity contribution is -0.126. The summed E-state index contributed by atoms with van der Waals surface area (Å²) in [4.78, 5) is 27.8. The maximum atomic E-state index is 11.9. The number of fused-ring (bicyclic) bond motifs is 1. The summed E-state index contributed by atoms with van der Waals surface area (Å²) in [5, 5.41) is 5.65. The highest BCUT2D eigenvalue weighted by atomic mass is 35.5. The highest BCUT2D eigenvalue weighted by Crippen LogP contribution is 2.18. The summed E-state index contributed by atoms with van der Waals surface area (Å²) in [7, 11) is 0. The van der Waals surface area contributed by atoms with Gasteiger partial charge < -0.3 is 10.6 Å². The third kappa shape index (κ3) is 4.32. The summed E-state index contributed by atoms with van der Waals surface area (Å²) in [5.74, 6) is -0.576. The predicted molar refractivity (Wildman–Crippen MR) is 90.1 cm³/mol. The molecular formula is C16H19ClN4O2. The van der Waals surface area contributed by atoms with Crippen LogP contribution in [0, 0.1) is 0 Å². The molecular weight excluding hydrogens is 316 g/mol. The van der Waals surface area contributed by atoms with E-state index >= 15 is 0 Å². The fourth-order valence-electron chi connectivity index (χ4n) is 2.02. The first-order valence-electron chi connectivity index (χ1n) is 7.41. The Morgan fingerprint density at radius 2 is 2.22 bits per heavy atom. The van der Waals surface area contributed by atoms with Crippen LogP contribution >= 0.6 is 11.6 Å². The van der Waals surface area contributed by atoms with Gasteiger partial charge in [-0.2, -0.15) is 0 Å². The summed E-state index contributed by atoms with van der Waals surface area (Å²) in [6.45, 7) is 4.19. The molecule has 7 heteroatoms. The lowest BCUT2D eigenvalue weighted by Gasteiger charge is -2.12. The Hall–Kier alpha value is -2.34. The average Bonchev–Trinajstić information content (AvgIpc) is 2.85. The van der Waals surface area contributed by atoms with Crippen molar-refractivity contribution >= 4 is 35.1 Å². The summed E-state index contributed by atoms with van der Waals surface area (Å²) < 4.78 is 1.78. The molecule has 0 radical (unpaired) electrons. The molecule has 0 aliphatic carbocycles. The largest absolute Gasteiger partial charge is 0.354 e. The van der Waals surface area contributed by atoms with Crippen molar-refractivity contribution in [2.75, 3.05) is 6.54 Å². The van der Waals surface area contributed by atoms with E-state index in [2.05, 4.69) is 15.6 Å². The van der Waals surface area contributed by atoms with Crippen LogP contribution in [0.5, 0.6) is 0 Å². The number of nitrogens with zero attached hydrogens (tertiary/aromatic N) is 2. The molecule has 0 saturated carbocycles. The van der Waals surface area contributed by atoms with E-state index in [9.17, 15) is 9.59 Å². The Morgan fingerprint density at radius 3 is 2.96 bits per heavy atom. The molecule has 23 heavy (non-hydrogen) atoms. The number of imidazole rings is 1. The molecule has 0 unspecified atom stereocenters. The van der Waals surface area contributed by atoms with Gasteiger partial charge in [-0.25, -0.2) is 4.98 Å². The second kappa shape index (κ2) is 7.78. The molecule has 0 fully saturated rings. The van der Waals surface area contributed by atoms with Crippen molar-refractivity contribution in [3.8, 4) is 0 Å². The van der Waals surface area contributed by atoms with Crippen molar-refractivity contribution in [1.82, 2.24) is 20.0 Å². The van der Waals surface area contributed by atoms with Crippen LogP contribution < -0.4 is 10.6 Å². The first-order chi connectivity index (χ1) is 11.0. The van der Waals surface area contributed by atoms with E-state index in [0.717, 1.165) is 6.42 Å². The van der Waals surface area contributed by atoms with E-state index < -0.39 is 6.04 Å². The van der Waals surface area contributed by atoms with E-state index in [-0.39, 0.29) is 11.8 Å². The van der Waals surface area contributed by atoms with Gasteiger partial charge in [0.25, 0.3) is 0 Å². The summed E-state index contributed by atoms with van der Waals surface area (Å²) >= 11 is 6.09. The Kier molecular flexibility index (Phi) is 5.76. The van der Waals surface area contributed by atoms with Gasteiger partial charge in [-0.05, 0) is 31.6 Å². The maximum Gasteiger partial charge on any atom is 0.244 e. The standard InChI is InChI=1S/C16H19ClN4O2/c1-3-9-18-16(23)11(2)19-14(22)8-7-12-15(17)20-13-6-4-5-10-21(12)13/h4-8,10-11H,3,9H2,1-2H3,(H,18,23)(H,19,22)/b8-7+/t11-/m1/s1. The number of hydrogen-bond donors (Lipinski definition) is 2. The summed E-state index contributed by atoms with van der Waals surface area (Å²) in [5.41, 5.74) is 1.31. The number of hydrogen-bond acceptors (Lipinski definition) is 3. The molecule has 0 saturated heterocycles. The van der Waals surface area contributed by atoms with E-state index in [0.29, 0.717) is 23.0 Å². The third-order valence-corrected chi connectivity index (χ3v) is 3.49. The van der Waals surface area contributed by atoms with Gasteiger partial charge in [-0.15, -0.1) is 0 Å². The number of rotatable bonds is 6. The minimum absolute atomic E-state index is 0.207. The number of nitrogens with one attached hydrogen (secondary N) is 2. The molecule has 122 valence electrons. The van der Waals surface area contributed by atoms with Crippen LogP contribution in [0.1, 0.15) is 26.0 Å². The monoisotopic (exact) mass is 334 g/mol. The molecule has 6 nitrogen and oxygen atoms in total. The smallest absolute Gasteiger partial charge is 0.244 e. The normalized spacial score (nSPS) is 12.5. The lowest BCUT2D eigenvalue weighted by Crippen LogP contribution is -2.44. The van der Waals surface area contributed by atoms with E-state index in [1.807, 2.05) is 31.3 Å². The first-order valence-corrected chi connectivity index (χ1v) is 7.79. The van der Waals surface area contributed by atoms with Gasteiger partial charge in [0.2, 0.25) is 11.8 Å². The van der Waals surface area contributed by atoms with E-state index in [4.69, 9.17) is 11.6 Å². The van der Waals surface area contributed by atoms with Crippen molar-refractivity contribution < 1.29 is 9.59 Å². The fourth-order valence-corrected chi connectivity index (χ4v) is 2.26. The molecule has 2 aromatic heterocycles. The predicted octanol–water partition coefficient (Wildman–Crippen LogP) is 2.03. The number of aromatic nitrogens is 2. The summed E-state index contributed by atoms with van der Waals surface area (Å²) in [6, 6.07) is 4.93. The molecule has 2 rings (SSSR count). The van der Waals surface area contributed by atoms with Crippen LogP contribution in [0.2, 0.25) is 5.15 Å². The van der Waals surface area contributed by atoms with Crippen LogP contribution in [0.3, 0.4) is 0 Å². The Balaban J connectivity index is 2.03. The van der Waals surface area contributed by atoms with Crippen LogP contribution in [0.25, 0.3) is 11.7 Å². The second-order valence-corrected chi connectivity index (χ2v) is 5.43. The number of halogens is 1. The molecule has 2 N–H and O–H groups in total. The maximum absolute atomic E-state index is 11.9. The molecule has 0 spiro atoms. The Morgan fingerprint density at radius 1 is 1.43 bits per heavy atom. The topological polar surface area (TPSA) is 75.5 Å². The van der Waals surface area contributed by atoms with Crippen molar-refractivity contribution in [3.05, 3.63) is 41.3 Å². The zero-order chi connectivity index (χ0) is 16.8. The molecule has 2 heterocycles. The first kappa shape index (κ1) is 17.0. The SMILES string of the molecule is CCCNC(=O)[C@@H](C)NC(=O)/C=C/c1c(Cl)nc2ccccn12. The molecule has 0 aliphatic heterocycles. The molecule has 2 amide bonds. The molecule has 0 aliphatic rings. The van der Waals surface area contributed by atoms with Crippen molar-refractivity contribution in [2.24, 2.45) is 0 Å². The van der Waals surface area contributed by atoms with Gasteiger partial charge in [0.05, 0.1) is 5.69 Å². The Bertz CT molecular complexity index is 739. The van der Waals surface area contributed by atoms with Crippen LogP contribution in [-0.4, -0.2) is 33.8 Å². The second-order valence-electron chi connectivity index (χ2n) is 5.07. The zero-order valence-electron chi connectivity index (χ0n) is 13.0. The Labute approximate surface area is 139 Å². The quantitative estimate of drug-likeness (QED) is 0.794. The molecule has 0 bridgehead atoms. The van der Waals surface area contributed by atoms with Gasteiger partial charge in [-0.3, -0.25) is 14.0 Å². The number of amides is 2. The van der Waals surface area contributed by atoms with Crippen LogP contribution in [0.15, 0.2) is 30.5 Å². The number of carbonyl (C=O) groups excluding carboxylic acids is 2. The minimum atomic E-state index is -0.601. The third-order valence-electron chi connectivity index (χ3n) is 3.22. The van der Waals surface area contributed by atoms with Gasteiger partial charge in [-0.1, -0.05) is 24.6 Å². The average molecular weight is 335 g/mol. The highest BCUT2D eigenvalue weighted by molar-refractivity contribution is 6.31. The van der Waals surface area contributed by atoms with Crippen LogP contribution in [-0.2, 0) is 9.59 Å². The molecule has 2 aromatic rings. The summed E-state index contributed by atoms with van der Waals surface area (Å²) in [6.07, 6.45) is 5.58. The van der Waals surface area contributed by atoms with Crippen molar-refractivity contribution in [1.29, 1.82) is 0 Å². The number of pyridine rings is 1. The van der Waals surface area contributed by atoms with Crippen LogP contribution in [0.4, 0.5) is 0 Å². The van der Waals surface area contributed by atoms with Crippen molar-refractivity contribution in [2.45, 2.75) is 26.3 Å². The van der Waals surface area contributed by atoms with Gasteiger partial charge in [0, 0.05) is 18.8 Å².